The number of fused-ring (bicyclic) bond motifs is 1. The van der Waals surface area contributed by atoms with Gasteiger partial charge in [-0.25, -0.2) is 4.98 Å². The van der Waals surface area contributed by atoms with E-state index in [-0.39, 0.29) is 10.9 Å². The smallest absolute Gasteiger partial charge is 0.260 e. The highest BCUT2D eigenvalue weighted by atomic mass is 35.5. The first-order valence-corrected chi connectivity index (χ1v) is 8.15. The number of benzene rings is 1. The fourth-order valence-electron chi connectivity index (χ4n) is 2.38. The number of aryl methyl sites for hydroxylation is 1. The molecule has 0 spiro atoms. The molecule has 0 radical (unpaired) electrons. The molecule has 3 nitrogen and oxygen atoms in total. The molecule has 0 fully saturated rings. The fraction of sp³-hybridized carbons (Fsp3) is 0.250. The van der Waals surface area contributed by atoms with E-state index in [1.807, 2.05) is 43.5 Å². The molecule has 0 saturated carbocycles. The Balaban J connectivity index is 2.25. The summed E-state index contributed by atoms with van der Waals surface area (Å²) in [7, 11) is 0. The Morgan fingerprint density at radius 2 is 2.10 bits per heavy atom. The lowest BCUT2D eigenvalue weighted by Crippen LogP contribution is -2.12. The topological polar surface area (TPSA) is 45.8 Å². The predicted molar refractivity (Wildman–Crippen MR) is 89.3 cm³/mol. The molecule has 1 unspecified atom stereocenters. The Morgan fingerprint density at radius 3 is 2.81 bits per heavy atom. The maximum Gasteiger partial charge on any atom is 0.260 e. The van der Waals surface area contributed by atoms with Gasteiger partial charge in [0.2, 0.25) is 0 Å². The summed E-state index contributed by atoms with van der Waals surface area (Å²) in [5.41, 5.74) is 3.04. The van der Waals surface area contributed by atoms with Gasteiger partial charge in [0.1, 0.15) is 10.7 Å². The number of nitrogens with one attached hydrogen (secondary N) is 1. The molecular weight excluding hydrogens is 304 g/mol. The minimum Gasteiger partial charge on any atom is -0.309 e. The standard InChI is InChI=1S/C16H15ClN2OS/c1-3-12(17)14-18-15(20)13-11(8-21-16(13)19-14)10-7-5-4-6-9(10)2/h4-8,12H,3H2,1-2H3,(H,18,19,20). The van der Waals surface area contributed by atoms with Gasteiger partial charge in [-0.1, -0.05) is 31.2 Å². The fourth-order valence-corrected chi connectivity index (χ4v) is 3.43. The van der Waals surface area contributed by atoms with Gasteiger partial charge >= 0.3 is 0 Å². The third kappa shape index (κ3) is 2.49. The third-order valence-electron chi connectivity index (χ3n) is 3.55. The van der Waals surface area contributed by atoms with Crippen molar-refractivity contribution in [3.05, 3.63) is 51.4 Å². The maximum absolute atomic E-state index is 12.4. The van der Waals surface area contributed by atoms with Crippen LogP contribution in [0.2, 0.25) is 0 Å². The molecule has 5 heteroatoms. The van der Waals surface area contributed by atoms with E-state index in [1.165, 1.54) is 11.3 Å². The van der Waals surface area contributed by atoms with Gasteiger partial charge in [-0.2, -0.15) is 0 Å². The highest BCUT2D eigenvalue weighted by molar-refractivity contribution is 7.17. The second-order valence-corrected chi connectivity index (χ2v) is 6.36. The van der Waals surface area contributed by atoms with Crippen LogP contribution in [0.5, 0.6) is 0 Å². The molecular formula is C16H15ClN2OS. The van der Waals surface area contributed by atoms with Crippen LogP contribution in [0.3, 0.4) is 0 Å². The third-order valence-corrected chi connectivity index (χ3v) is 4.94. The molecule has 3 aromatic rings. The number of aromatic nitrogens is 2. The van der Waals surface area contributed by atoms with Crippen LogP contribution in [-0.4, -0.2) is 9.97 Å². The number of halogens is 1. The Hall–Kier alpha value is -1.65. The van der Waals surface area contributed by atoms with Crippen LogP contribution < -0.4 is 5.56 Å². The lowest BCUT2D eigenvalue weighted by atomic mass is 10.0. The minimum absolute atomic E-state index is 0.117. The quantitative estimate of drug-likeness (QED) is 0.714. The second kappa shape index (κ2) is 5.62. The summed E-state index contributed by atoms with van der Waals surface area (Å²) < 4.78 is 0. The Labute approximate surface area is 131 Å². The van der Waals surface area contributed by atoms with Crippen molar-refractivity contribution in [3.8, 4) is 11.1 Å². The molecule has 0 aliphatic rings. The molecule has 2 aromatic heterocycles. The Kier molecular flexibility index (Phi) is 3.83. The first kappa shape index (κ1) is 14.3. The zero-order chi connectivity index (χ0) is 15.0. The van der Waals surface area contributed by atoms with Crippen molar-refractivity contribution in [1.29, 1.82) is 0 Å². The SMILES string of the molecule is CCC(Cl)c1nc2scc(-c3ccccc3C)c2c(=O)[nH]1. The van der Waals surface area contributed by atoms with Crippen molar-refractivity contribution in [2.45, 2.75) is 25.6 Å². The number of thiophene rings is 1. The number of hydrogen-bond donors (Lipinski definition) is 1. The Bertz CT molecular complexity index is 853. The zero-order valence-electron chi connectivity index (χ0n) is 11.8. The molecule has 0 aliphatic heterocycles. The van der Waals surface area contributed by atoms with E-state index in [4.69, 9.17) is 11.6 Å². The summed E-state index contributed by atoms with van der Waals surface area (Å²) in [4.78, 5) is 20.5. The van der Waals surface area contributed by atoms with E-state index in [2.05, 4.69) is 9.97 Å². The lowest BCUT2D eigenvalue weighted by Gasteiger charge is -2.06. The van der Waals surface area contributed by atoms with Gasteiger partial charge in [-0.05, 0) is 24.5 Å². The van der Waals surface area contributed by atoms with Crippen LogP contribution in [0.15, 0.2) is 34.4 Å². The van der Waals surface area contributed by atoms with Crippen LogP contribution >= 0.6 is 22.9 Å². The van der Waals surface area contributed by atoms with Crippen LogP contribution in [0, 0.1) is 6.92 Å². The van der Waals surface area contributed by atoms with Gasteiger partial charge in [-0.3, -0.25) is 4.79 Å². The second-order valence-electron chi connectivity index (χ2n) is 4.97. The number of rotatable bonds is 3. The van der Waals surface area contributed by atoms with Gasteiger partial charge in [0.15, 0.2) is 0 Å². The van der Waals surface area contributed by atoms with E-state index in [0.717, 1.165) is 27.9 Å². The van der Waals surface area contributed by atoms with Gasteiger partial charge < -0.3 is 4.98 Å². The number of alkyl halides is 1. The van der Waals surface area contributed by atoms with Crippen LogP contribution in [-0.2, 0) is 0 Å². The lowest BCUT2D eigenvalue weighted by molar-refractivity contribution is 0.807. The molecule has 0 amide bonds. The van der Waals surface area contributed by atoms with Crippen molar-refractivity contribution in [2.24, 2.45) is 0 Å². The molecule has 108 valence electrons. The summed E-state index contributed by atoms with van der Waals surface area (Å²) in [5, 5.41) is 2.39. The summed E-state index contributed by atoms with van der Waals surface area (Å²) in [5.74, 6) is 0.551. The average Bonchev–Trinajstić information content (AvgIpc) is 2.91. The summed E-state index contributed by atoms with van der Waals surface area (Å²) in [6.07, 6.45) is 0.728. The van der Waals surface area contributed by atoms with E-state index in [9.17, 15) is 4.79 Å². The Morgan fingerprint density at radius 1 is 1.33 bits per heavy atom. The number of nitrogens with zero attached hydrogens (tertiary/aromatic N) is 1. The van der Waals surface area contributed by atoms with Crippen LogP contribution in [0.4, 0.5) is 0 Å². The largest absolute Gasteiger partial charge is 0.309 e. The monoisotopic (exact) mass is 318 g/mol. The van der Waals surface area contributed by atoms with Crippen LogP contribution in [0.25, 0.3) is 21.3 Å². The van der Waals surface area contributed by atoms with E-state index < -0.39 is 0 Å². The first-order chi connectivity index (χ1) is 10.1. The van der Waals surface area contributed by atoms with Crippen molar-refractivity contribution >= 4 is 33.2 Å². The van der Waals surface area contributed by atoms with Gasteiger partial charge in [0.05, 0.1) is 10.8 Å². The molecule has 1 atom stereocenters. The van der Waals surface area contributed by atoms with E-state index in [0.29, 0.717) is 11.2 Å². The number of H-pyrrole nitrogens is 1. The molecule has 3 rings (SSSR count). The molecule has 1 N–H and O–H groups in total. The van der Waals surface area contributed by atoms with Gasteiger partial charge in [0.25, 0.3) is 5.56 Å². The molecule has 2 heterocycles. The summed E-state index contributed by atoms with van der Waals surface area (Å²) in [6.45, 7) is 4.01. The predicted octanol–water partition coefficient (Wildman–Crippen LogP) is 4.65. The van der Waals surface area contributed by atoms with Gasteiger partial charge in [-0.15, -0.1) is 22.9 Å². The van der Waals surface area contributed by atoms with Crippen molar-refractivity contribution < 1.29 is 0 Å². The number of aromatic amines is 1. The molecule has 1 aromatic carbocycles. The minimum atomic E-state index is -0.258. The summed E-state index contributed by atoms with van der Waals surface area (Å²) in [6, 6.07) is 8.04. The normalized spacial score (nSPS) is 12.7. The highest BCUT2D eigenvalue weighted by Gasteiger charge is 2.16. The van der Waals surface area contributed by atoms with E-state index >= 15 is 0 Å². The maximum atomic E-state index is 12.4. The van der Waals surface area contributed by atoms with Gasteiger partial charge in [0, 0.05) is 10.9 Å². The van der Waals surface area contributed by atoms with Crippen molar-refractivity contribution in [3.63, 3.8) is 0 Å². The number of hydrogen-bond acceptors (Lipinski definition) is 3. The van der Waals surface area contributed by atoms with Crippen LogP contribution in [0.1, 0.15) is 30.1 Å². The van der Waals surface area contributed by atoms with E-state index in [1.54, 1.807) is 0 Å². The molecule has 0 saturated heterocycles. The first-order valence-electron chi connectivity index (χ1n) is 6.83. The van der Waals surface area contributed by atoms with Crippen molar-refractivity contribution in [1.82, 2.24) is 9.97 Å². The van der Waals surface area contributed by atoms with Crippen molar-refractivity contribution in [2.75, 3.05) is 0 Å². The zero-order valence-corrected chi connectivity index (χ0v) is 13.4. The average molecular weight is 319 g/mol. The molecule has 21 heavy (non-hydrogen) atoms. The molecule has 0 aliphatic carbocycles. The highest BCUT2D eigenvalue weighted by Crippen LogP contribution is 2.33. The molecule has 0 bridgehead atoms. The summed E-state index contributed by atoms with van der Waals surface area (Å²) >= 11 is 7.67.